The zero-order valence-electron chi connectivity index (χ0n) is 12.4. The lowest BCUT2D eigenvalue weighted by molar-refractivity contribution is -0.139. The number of nitrogens with one attached hydrogen (secondary N) is 2. The van der Waals surface area contributed by atoms with Gasteiger partial charge in [0.2, 0.25) is 0 Å². The molecule has 0 unspecified atom stereocenters. The molecule has 116 valence electrons. The quantitative estimate of drug-likeness (QED) is 0.785. The topological polar surface area (TPSA) is 74.6 Å². The van der Waals surface area contributed by atoms with Gasteiger partial charge in [0.15, 0.2) is 0 Å². The molecule has 1 aromatic rings. The number of furan rings is 1. The number of amides is 2. The minimum atomic E-state index is -0.548. The van der Waals surface area contributed by atoms with Crippen LogP contribution in [0.4, 0.5) is 0 Å². The predicted octanol–water partition coefficient (Wildman–Crippen LogP) is 0.744. The Balaban J connectivity index is 1.65. The van der Waals surface area contributed by atoms with Gasteiger partial charge in [0, 0.05) is 13.1 Å². The Hall–Kier alpha value is -1.82. The van der Waals surface area contributed by atoms with Crippen LogP contribution in [0.2, 0.25) is 0 Å². The highest BCUT2D eigenvalue weighted by Crippen LogP contribution is 2.18. The highest BCUT2D eigenvalue weighted by atomic mass is 16.3. The molecule has 0 aromatic carbocycles. The Bertz CT molecular complexity index is 451. The number of likely N-dealkylation sites (N-methyl/N-ethyl adjacent to an activating group) is 1. The van der Waals surface area contributed by atoms with E-state index in [1.165, 1.54) is 0 Å². The van der Waals surface area contributed by atoms with E-state index < -0.39 is 11.8 Å². The summed E-state index contributed by atoms with van der Waals surface area (Å²) in [6.45, 7) is 5.65. The van der Waals surface area contributed by atoms with E-state index in [1.807, 2.05) is 12.1 Å². The normalized spacial score (nSPS) is 16.6. The molecule has 6 nitrogen and oxygen atoms in total. The lowest BCUT2D eigenvalue weighted by Crippen LogP contribution is -2.43. The second kappa shape index (κ2) is 7.83. The summed E-state index contributed by atoms with van der Waals surface area (Å²) >= 11 is 0. The fourth-order valence-corrected chi connectivity index (χ4v) is 2.53. The number of carbonyl (C=O) groups is 2. The van der Waals surface area contributed by atoms with Crippen molar-refractivity contribution in [3.8, 4) is 0 Å². The second-order valence-corrected chi connectivity index (χ2v) is 5.37. The lowest BCUT2D eigenvalue weighted by Gasteiger charge is -2.31. The summed E-state index contributed by atoms with van der Waals surface area (Å²) in [6.07, 6.45) is 3.74. The number of piperidine rings is 1. The zero-order chi connectivity index (χ0) is 15.1. The van der Waals surface area contributed by atoms with E-state index in [2.05, 4.69) is 15.5 Å². The van der Waals surface area contributed by atoms with Crippen molar-refractivity contribution in [2.75, 3.05) is 26.2 Å². The summed E-state index contributed by atoms with van der Waals surface area (Å²) in [5.74, 6) is 0.344. The van der Waals surface area contributed by atoms with Crippen molar-refractivity contribution in [1.29, 1.82) is 0 Å². The number of nitrogens with zero attached hydrogens (tertiary/aromatic N) is 1. The Morgan fingerprint density at radius 2 is 2.00 bits per heavy atom. The van der Waals surface area contributed by atoms with Gasteiger partial charge in [-0.25, -0.2) is 0 Å². The molecule has 2 amide bonds. The lowest BCUT2D eigenvalue weighted by atomic mass is 9.96. The summed E-state index contributed by atoms with van der Waals surface area (Å²) < 4.78 is 5.35. The van der Waals surface area contributed by atoms with Gasteiger partial charge in [-0.3, -0.25) is 14.5 Å². The van der Waals surface area contributed by atoms with Crippen molar-refractivity contribution >= 4 is 11.8 Å². The van der Waals surface area contributed by atoms with Crippen LogP contribution >= 0.6 is 0 Å². The maximum absolute atomic E-state index is 11.5. The predicted molar refractivity (Wildman–Crippen MR) is 78.4 cm³/mol. The first-order valence-corrected chi connectivity index (χ1v) is 7.49. The maximum Gasteiger partial charge on any atom is 0.309 e. The molecule has 1 saturated heterocycles. The molecular weight excluding hydrogens is 270 g/mol. The van der Waals surface area contributed by atoms with Crippen molar-refractivity contribution in [3.63, 3.8) is 0 Å². The van der Waals surface area contributed by atoms with Crippen LogP contribution in [-0.2, 0) is 16.1 Å². The van der Waals surface area contributed by atoms with E-state index in [9.17, 15) is 9.59 Å². The van der Waals surface area contributed by atoms with Gasteiger partial charge in [0.1, 0.15) is 5.76 Å². The maximum atomic E-state index is 11.5. The molecule has 1 aliphatic rings. The first-order chi connectivity index (χ1) is 10.2. The zero-order valence-corrected chi connectivity index (χ0v) is 12.4. The van der Waals surface area contributed by atoms with Crippen molar-refractivity contribution < 1.29 is 14.0 Å². The van der Waals surface area contributed by atoms with Crippen LogP contribution < -0.4 is 10.6 Å². The molecule has 1 aliphatic heterocycles. The van der Waals surface area contributed by atoms with Gasteiger partial charge < -0.3 is 15.1 Å². The molecule has 0 atom stereocenters. The van der Waals surface area contributed by atoms with E-state index in [4.69, 9.17) is 4.42 Å². The smallest absolute Gasteiger partial charge is 0.309 e. The average Bonchev–Trinajstić information content (AvgIpc) is 2.99. The van der Waals surface area contributed by atoms with Gasteiger partial charge in [0.05, 0.1) is 12.8 Å². The Morgan fingerprint density at radius 1 is 1.29 bits per heavy atom. The highest BCUT2D eigenvalue weighted by Gasteiger charge is 2.21. The molecule has 2 heterocycles. The fourth-order valence-electron chi connectivity index (χ4n) is 2.53. The molecule has 0 spiro atoms. The van der Waals surface area contributed by atoms with E-state index in [1.54, 1.807) is 13.2 Å². The first-order valence-electron chi connectivity index (χ1n) is 7.49. The molecule has 1 aromatic heterocycles. The minimum Gasteiger partial charge on any atom is -0.468 e. The second-order valence-electron chi connectivity index (χ2n) is 5.37. The van der Waals surface area contributed by atoms with Crippen molar-refractivity contribution in [2.45, 2.75) is 26.3 Å². The SMILES string of the molecule is CCNC(=O)C(=O)NCC1CCN(Cc2ccco2)CC1. The molecule has 0 radical (unpaired) electrons. The molecule has 0 saturated carbocycles. The standard InChI is InChI=1S/C15H23N3O3/c1-2-16-14(19)15(20)17-10-12-5-7-18(8-6-12)11-13-4-3-9-21-13/h3-4,9,12H,2,5-8,10-11H2,1H3,(H,16,19)(H,17,20). The van der Waals surface area contributed by atoms with E-state index >= 15 is 0 Å². The number of hydrogen-bond acceptors (Lipinski definition) is 4. The summed E-state index contributed by atoms with van der Waals surface area (Å²) in [5, 5.41) is 5.20. The fraction of sp³-hybridized carbons (Fsp3) is 0.600. The number of rotatable bonds is 5. The van der Waals surface area contributed by atoms with Crippen LogP contribution in [0.1, 0.15) is 25.5 Å². The van der Waals surface area contributed by atoms with Crippen molar-refractivity contribution in [2.24, 2.45) is 5.92 Å². The molecule has 2 rings (SSSR count). The van der Waals surface area contributed by atoms with Crippen molar-refractivity contribution in [1.82, 2.24) is 15.5 Å². The number of hydrogen-bond donors (Lipinski definition) is 2. The summed E-state index contributed by atoms with van der Waals surface area (Å²) in [5.41, 5.74) is 0. The van der Waals surface area contributed by atoms with Gasteiger partial charge in [-0.15, -0.1) is 0 Å². The van der Waals surface area contributed by atoms with Gasteiger partial charge in [0.25, 0.3) is 0 Å². The summed E-state index contributed by atoms with van der Waals surface area (Å²) in [4.78, 5) is 25.2. The largest absolute Gasteiger partial charge is 0.468 e. The first kappa shape index (κ1) is 15.6. The third kappa shape index (κ3) is 4.90. The Morgan fingerprint density at radius 3 is 2.62 bits per heavy atom. The van der Waals surface area contributed by atoms with Crippen LogP contribution in [0.5, 0.6) is 0 Å². The number of likely N-dealkylation sites (tertiary alicyclic amines) is 1. The van der Waals surface area contributed by atoms with Crippen LogP contribution in [0.3, 0.4) is 0 Å². The summed E-state index contributed by atoms with van der Waals surface area (Å²) in [6, 6.07) is 3.89. The molecular formula is C15H23N3O3. The van der Waals surface area contributed by atoms with Crippen LogP contribution in [0.15, 0.2) is 22.8 Å². The van der Waals surface area contributed by atoms with Crippen LogP contribution in [0, 0.1) is 5.92 Å². The van der Waals surface area contributed by atoms with E-state index in [-0.39, 0.29) is 0 Å². The van der Waals surface area contributed by atoms with Gasteiger partial charge in [-0.05, 0) is 50.9 Å². The Kier molecular flexibility index (Phi) is 5.80. The molecule has 21 heavy (non-hydrogen) atoms. The van der Waals surface area contributed by atoms with Gasteiger partial charge >= 0.3 is 11.8 Å². The minimum absolute atomic E-state index is 0.441. The summed E-state index contributed by atoms with van der Waals surface area (Å²) in [7, 11) is 0. The third-order valence-electron chi connectivity index (χ3n) is 3.76. The highest BCUT2D eigenvalue weighted by molar-refractivity contribution is 6.35. The molecule has 0 aliphatic carbocycles. The van der Waals surface area contributed by atoms with Crippen LogP contribution in [0.25, 0.3) is 0 Å². The molecule has 1 fully saturated rings. The van der Waals surface area contributed by atoms with Crippen LogP contribution in [-0.4, -0.2) is 42.9 Å². The molecule has 0 bridgehead atoms. The van der Waals surface area contributed by atoms with Gasteiger partial charge in [-0.2, -0.15) is 0 Å². The third-order valence-corrected chi connectivity index (χ3v) is 3.76. The molecule has 2 N–H and O–H groups in total. The Labute approximate surface area is 124 Å². The van der Waals surface area contributed by atoms with Gasteiger partial charge in [-0.1, -0.05) is 0 Å². The number of carbonyl (C=O) groups excluding carboxylic acids is 2. The van der Waals surface area contributed by atoms with E-state index in [0.717, 1.165) is 38.2 Å². The van der Waals surface area contributed by atoms with E-state index in [0.29, 0.717) is 19.0 Å². The van der Waals surface area contributed by atoms with Crippen molar-refractivity contribution in [3.05, 3.63) is 24.2 Å². The monoisotopic (exact) mass is 293 g/mol. The molecule has 6 heteroatoms. The average molecular weight is 293 g/mol.